The van der Waals surface area contributed by atoms with Crippen molar-refractivity contribution in [3.05, 3.63) is 42.5 Å². The predicted molar refractivity (Wildman–Crippen MR) is 82.2 cm³/mol. The van der Waals surface area contributed by atoms with Crippen LogP contribution in [0.4, 0.5) is 5.69 Å². The van der Waals surface area contributed by atoms with Gasteiger partial charge in [0.05, 0.1) is 0 Å². The number of amides is 2. The molecule has 1 atom stereocenters. The molecular weight excluding hydrogens is 264 g/mol. The Hall–Kier alpha value is -2.10. The van der Waals surface area contributed by atoms with Crippen LogP contribution in [0.25, 0.3) is 0 Å². The molecule has 2 heterocycles. The lowest BCUT2D eigenvalue weighted by Gasteiger charge is -2.19. The second kappa shape index (κ2) is 5.72. The topological polar surface area (TPSA) is 40.6 Å². The summed E-state index contributed by atoms with van der Waals surface area (Å²) in [5.74, 6) is 0.515. The van der Waals surface area contributed by atoms with Crippen LogP contribution >= 0.6 is 0 Å². The summed E-state index contributed by atoms with van der Waals surface area (Å²) in [5.41, 5.74) is 2.19. The van der Waals surface area contributed by atoms with Crippen molar-refractivity contribution < 1.29 is 9.59 Å². The zero-order valence-corrected chi connectivity index (χ0v) is 12.1. The van der Waals surface area contributed by atoms with E-state index in [0.29, 0.717) is 18.9 Å². The Balaban J connectivity index is 1.73. The van der Waals surface area contributed by atoms with Gasteiger partial charge in [-0.15, -0.1) is 0 Å². The summed E-state index contributed by atoms with van der Waals surface area (Å²) in [5, 5.41) is 0. The summed E-state index contributed by atoms with van der Waals surface area (Å²) in [6, 6.07) is 8.03. The Morgan fingerprint density at radius 2 is 2.19 bits per heavy atom. The van der Waals surface area contributed by atoms with Crippen molar-refractivity contribution in [3.8, 4) is 0 Å². The minimum absolute atomic E-state index is 0.0535. The standard InChI is InChI=1S/C17H20N2O2/c1-2-16(20)19-12-13(14-6-3-4-7-15(14)19)9-11-18-10-5-8-17(18)21/h2-4,6-7,13H,1,5,8-12H2. The highest BCUT2D eigenvalue weighted by Crippen LogP contribution is 2.38. The highest BCUT2D eigenvalue weighted by molar-refractivity contribution is 6.02. The first-order valence-corrected chi connectivity index (χ1v) is 7.51. The van der Waals surface area contributed by atoms with Gasteiger partial charge in [-0.25, -0.2) is 0 Å². The summed E-state index contributed by atoms with van der Waals surface area (Å²) >= 11 is 0. The number of likely N-dealkylation sites (tertiary alicyclic amines) is 1. The van der Waals surface area contributed by atoms with E-state index in [1.165, 1.54) is 11.6 Å². The summed E-state index contributed by atoms with van der Waals surface area (Å²) in [4.78, 5) is 27.4. The lowest BCUT2D eigenvalue weighted by molar-refractivity contribution is -0.127. The summed E-state index contributed by atoms with van der Waals surface area (Å²) in [6.07, 6.45) is 3.93. The van der Waals surface area contributed by atoms with Crippen LogP contribution < -0.4 is 4.90 Å². The number of anilines is 1. The van der Waals surface area contributed by atoms with Crippen molar-refractivity contribution >= 4 is 17.5 Å². The van der Waals surface area contributed by atoms with Gasteiger partial charge in [-0.05, 0) is 30.5 Å². The summed E-state index contributed by atoms with van der Waals surface area (Å²) in [7, 11) is 0. The van der Waals surface area contributed by atoms with Crippen molar-refractivity contribution in [1.82, 2.24) is 4.90 Å². The van der Waals surface area contributed by atoms with Crippen LogP contribution in [0.3, 0.4) is 0 Å². The van der Waals surface area contributed by atoms with Gasteiger partial charge in [-0.2, -0.15) is 0 Å². The normalized spacial score (nSPS) is 20.8. The Labute approximate surface area is 125 Å². The molecule has 0 N–H and O–H groups in total. The molecule has 0 aromatic heterocycles. The molecule has 1 aromatic rings. The number of hydrogen-bond acceptors (Lipinski definition) is 2. The van der Waals surface area contributed by atoms with Gasteiger partial charge in [-0.3, -0.25) is 9.59 Å². The molecule has 2 amide bonds. The molecule has 2 aliphatic rings. The third kappa shape index (κ3) is 2.58. The molecule has 0 aliphatic carbocycles. The fraction of sp³-hybridized carbons (Fsp3) is 0.412. The second-order valence-electron chi connectivity index (χ2n) is 5.68. The molecule has 4 heteroatoms. The zero-order chi connectivity index (χ0) is 14.8. The van der Waals surface area contributed by atoms with Crippen LogP contribution in [0, 0.1) is 0 Å². The van der Waals surface area contributed by atoms with Gasteiger partial charge in [-0.1, -0.05) is 24.8 Å². The van der Waals surface area contributed by atoms with Crippen LogP contribution in [0.2, 0.25) is 0 Å². The Bertz CT molecular complexity index is 582. The van der Waals surface area contributed by atoms with E-state index in [-0.39, 0.29) is 11.8 Å². The molecule has 110 valence electrons. The van der Waals surface area contributed by atoms with Crippen LogP contribution in [-0.4, -0.2) is 36.3 Å². The monoisotopic (exact) mass is 284 g/mol. The van der Waals surface area contributed by atoms with E-state index in [2.05, 4.69) is 12.6 Å². The van der Waals surface area contributed by atoms with Crippen molar-refractivity contribution in [2.75, 3.05) is 24.5 Å². The predicted octanol–water partition coefficient (Wildman–Crippen LogP) is 2.32. The van der Waals surface area contributed by atoms with Gasteiger partial charge < -0.3 is 9.80 Å². The number of rotatable bonds is 4. The SMILES string of the molecule is C=CC(=O)N1CC(CCN2CCCC2=O)c2ccccc21. The largest absolute Gasteiger partial charge is 0.343 e. The van der Waals surface area contributed by atoms with Crippen LogP contribution in [-0.2, 0) is 9.59 Å². The Morgan fingerprint density at radius 1 is 1.38 bits per heavy atom. The Morgan fingerprint density at radius 3 is 2.90 bits per heavy atom. The van der Waals surface area contributed by atoms with Gasteiger partial charge in [0.2, 0.25) is 11.8 Å². The minimum Gasteiger partial charge on any atom is -0.343 e. The second-order valence-corrected chi connectivity index (χ2v) is 5.68. The molecule has 0 spiro atoms. The number of benzene rings is 1. The minimum atomic E-state index is -0.0535. The smallest absolute Gasteiger partial charge is 0.250 e. The van der Waals surface area contributed by atoms with Gasteiger partial charge in [0.25, 0.3) is 0 Å². The molecule has 2 aliphatic heterocycles. The maximum atomic E-state index is 12.0. The van der Waals surface area contributed by atoms with E-state index < -0.39 is 0 Å². The maximum absolute atomic E-state index is 12.0. The highest BCUT2D eigenvalue weighted by atomic mass is 16.2. The molecule has 4 nitrogen and oxygen atoms in total. The summed E-state index contributed by atoms with van der Waals surface area (Å²) < 4.78 is 0. The first kappa shape index (κ1) is 13.9. The van der Waals surface area contributed by atoms with E-state index in [1.807, 2.05) is 23.1 Å². The van der Waals surface area contributed by atoms with Gasteiger partial charge in [0.1, 0.15) is 0 Å². The van der Waals surface area contributed by atoms with Crippen LogP contribution in [0.5, 0.6) is 0 Å². The van der Waals surface area contributed by atoms with Crippen molar-refractivity contribution in [2.24, 2.45) is 0 Å². The van der Waals surface area contributed by atoms with E-state index >= 15 is 0 Å². The lowest BCUT2D eigenvalue weighted by Crippen LogP contribution is -2.30. The molecule has 1 saturated heterocycles. The number of nitrogens with zero attached hydrogens (tertiary/aromatic N) is 2. The quantitative estimate of drug-likeness (QED) is 0.796. The van der Waals surface area contributed by atoms with E-state index in [4.69, 9.17) is 0 Å². The summed E-state index contributed by atoms with van der Waals surface area (Å²) in [6.45, 7) is 5.93. The molecule has 1 unspecified atom stereocenters. The number of carbonyl (C=O) groups is 2. The molecule has 3 rings (SSSR count). The highest BCUT2D eigenvalue weighted by Gasteiger charge is 2.31. The number of para-hydroxylation sites is 1. The first-order chi connectivity index (χ1) is 10.2. The third-order valence-electron chi connectivity index (χ3n) is 4.43. The fourth-order valence-corrected chi connectivity index (χ4v) is 3.31. The van der Waals surface area contributed by atoms with E-state index in [9.17, 15) is 9.59 Å². The van der Waals surface area contributed by atoms with E-state index in [0.717, 1.165) is 31.6 Å². The van der Waals surface area contributed by atoms with Crippen molar-refractivity contribution in [2.45, 2.75) is 25.2 Å². The number of hydrogen-bond donors (Lipinski definition) is 0. The molecule has 1 aromatic carbocycles. The molecule has 1 fully saturated rings. The average molecular weight is 284 g/mol. The molecule has 0 bridgehead atoms. The van der Waals surface area contributed by atoms with Crippen LogP contribution in [0.15, 0.2) is 36.9 Å². The lowest BCUT2D eigenvalue weighted by atomic mass is 9.98. The molecular formula is C17H20N2O2. The van der Waals surface area contributed by atoms with Gasteiger partial charge in [0.15, 0.2) is 0 Å². The van der Waals surface area contributed by atoms with Gasteiger partial charge >= 0.3 is 0 Å². The van der Waals surface area contributed by atoms with Gasteiger partial charge in [0, 0.05) is 37.7 Å². The average Bonchev–Trinajstić information content (AvgIpc) is 3.08. The zero-order valence-electron chi connectivity index (χ0n) is 12.1. The molecule has 0 radical (unpaired) electrons. The molecule has 0 saturated carbocycles. The Kier molecular flexibility index (Phi) is 3.78. The number of fused-ring (bicyclic) bond motifs is 1. The molecule has 21 heavy (non-hydrogen) atoms. The number of carbonyl (C=O) groups excluding carboxylic acids is 2. The maximum Gasteiger partial charge on any atom is 0.250 e. The van der Waals surface area contributed by atoms with E-state index in [1.54, 1.807) is 4.90 Å². The van der Waals surface area contributed by atoms with Crippen molar-refractivity contribution in [1.29, 1.82) is 0 Å². The van der Waals surface area contributed by atoms with Crippen molar-refractivity contribution in [3.63, 3.8) is 0 Å². The van der Waals surface area contributed by atoms with Crippen LogP contribution in [0.1, 0.15) is 30.7 Å². The first-order valence-electron chi connectivity index (χ1n) is 7.51. The third-order valence-corrected chi connectivity index (χ3v) is 4.43. The fourth-order valence-electron chi connectivity index (χ4n) is 3.31.